The smallest absolute Gasteiger partial charge is 0.161 e. The number of benzene rings is 1. The van der Waals surface area contributed by atoms with Gasteiger partial charge in [0.05, 0.1) is 20.5 Å². The molecule has 0 unspecified atom stereocenters. The third-order valence-corrected chi connectivity index (χ3v) is 3.43. The Morgan fingerprint density at radius 3 is 2.45 bits per heavy atom. The number of methoxy groups -OCH3 is 2. The summed E-state index contributed by atoms with van der Waals surface area (Å²) in [6.45, 7) is 8.53. The fourth-order valence-electron chi connectivity index (χ4n) is 2.04. The lowest BCUT2D eigenvalue weighted by atomic mass is 9.81. The summed E-state index contributed by atoms with van der Waals surface area (Å²) in [6.07, 6.45) is 10.3. The monoisotopic (exact) mass is 302 g/mol. The van der Waals surface area contributed by atoms with Crippen molar-refractivity contribution in [2.75, 3.05) is 20.8 Å². The standard InChI is InChI=1S/C19H26O3/c1-6-13-22-14-9-7-8-12-19(2,3)16-10-11-17(20-4)18(15-16)21-5/h6-11,14-15H,1,12-13H2,2-5H3/b8-7+,14-9+. The molecule has 0 aliphatic heterocycles. The van der Waals surface area contributed by atoms with Gasteiger partial charge in [-0.2, -0.15) is 0 Å². The highest BCUT2D eigenvalue weighted by Gasteiger charge is 2.20. The lowest BCUT2D eigenvalue weighted by Crippen LogP contribution is -2.16. The molecule has 3 nitrogen and oxygen atoms in total. The number of rotatable bonds is 9. The number of allylic oxidation sites excluding steroid dienone is 3. The van der Waals surface area contributed by atoms with Crippen LogP contribution in [0.4, 0.5) is 0 Å². The number of hydrogen-bond acceptors (Lipinski definition) is 3. The molecule has 0 aliphatic carbocycles. The zero-order valence-electron chi connectivity index (χ0n) is 14.0. The number of ether oxygens (including phenoxy) is 3. The van der Waals surface area contributed by atoms with Gasteiger partial charge in [-0.25, -0.2) is 0 Å². The van der Waals surface area contributed by atoms with Crippen LogP contribution in [0.3, 0.4) is 0 Å². The van der Waals surface area contributed by atoms with Gasteiger partial charge in [0.25, 0.3) is 0 Å². The van der Waals surface area contributed by atoms with E-state index in [1.54, 1.807) is 26.6 Å². The summed E-state index contributed by atoms with van der Waals surface area (Å²) in [5.41, 5.74) is 1.22. The van der Waals surface area contributed by atoms with Crippen molar-refractivity contribution in [1.29, 1.82) is 0 Å². The maximum atomic E-state index is 5.37. The summed E-state index contributed by atoms with van der Waals surface area (Å²) in [6, 6.07) is 6.07. The first-order valence-corrected chi connectivity index (χ1v) is 7.32. The average molecular weight is 302 g/mol. The highest BCUT2D eigenvalue weighted by atomic mass is 16.5. The second-order valence-corrected chi connectivity index (χ2v) is 5.54. The molecule has 1 aromatic rings. The fraction of sp³-hybridized carbons (Fsp3) is 0.368. The van der Waals surface area contributed by atoms with Crippen LogP contribution in [0.1, 0.15) is 25.8 Å². The Hall–Kier alpha value is -2.16. The molecule has 22 heavy (non-hydrogen) atoms. The van der Waals surface area contributed by atoms with E-state index in [9.17, 15) is 0 Å². The Kier molecular flexibility index (Phi) is 7.30. The van der Waals surface area contributed by atoms with Crippen LogP contribution in [0.5, 0.6) is 11.5 Å². The van der Waals surface area contributed by atoms with Gasteiger partial charge in [0, 0.05) is 0 Å². The lowest BCUT2D eigenvalue weighted by molar-refractivity contribution is 0.290. The van der Waals surface area contributed by atoms with Crippen molar-refractivity contribution < 1.29 is 14.2 Å². The minimum absolute atomic E-state index is 0.00582. The molecule has 0 fully saturated rings. The normalized spacial score (nSPS) is 11.8. The Morgan fingerprint density at radius 1 is 1.09 bits per heavy atom. The second-order valence-electron chi connectivity index (χ2n) is 5.54. The zero-order chi connectivity index (χ0) is 16.4. The minimum Gasteiger partial charge on any atom is -0.497 e. The summed E-state index contributed by atoms with van der Waals surface area (Å²) in [7, 11) is 3.30. The molecule has 0 saturated carbocycles. The van der Waals surface area contributed by atoms with E-state index in [0.717, 1.165) is 17.9 Å². The molecule has 0 atom stereocenters. The molecular formula is C19H26O3. The molecule has 0 aliphatic rings. The van der Waals surface area contributed by atoms with Crippen LogP contribution >= 0.6 is 0 Å². The SMILES string of the molecule is C=CCO/C=C/C=C/CC(C)(C)c1ccc(OC)c(OC)c1. The number of hydrogen-bond donors (Lipinski definition) is 0. The second kappa shape index (κ2) is 8.98. The van der Waals surface area contributed by atoms with E-state index < -0.39 is 0 Å². The van der Waals surface area contributed by atoms with Crippen molar-refractivity contribution in [1.82, 2.24) is 0 Å². The highest BCUT2D eigenvalue weighted by molar-refractivity contribution is 5.45. The van der Waals surface area contributed by atoms with Crippen LogP contribution in [0.25, 0.3) is 0 Å². The van der Waals surface area contributed by atoms with Crippen LogP contribution in [-0.2, 0) is 10.2 Å². The predicted octanol–water partition coefficient (Wildman–Crippen LogP) is 4.64. The molecule has 1 rings (SSSR count). The van der Waals surface area contributed by atoms with Crippen LogP contribution < -0.4 is 9.47 Å². The third kappa shape index (κ3) is 5.32. The third-order valence-electron chi connectivity index (χ3n) is 3.43. The molecule has 0 saturated heterocycles. The van der Waals surface area contributed by atoms with Crippen LogP contribution in [0.15, 0.2) is 55.3 Å². The van der Waals surface area contributed by atoms with Crippen molar-refractivity contribution >= 4 is 0 Å². The minimum atomic E-state index is 0.00582. The largest absolute Gasteiger partial charge is 0.497 e. The van der Waals surface area contributed by atoms with Crippen molar-refractivity contribution in [3.63, 3.8) is 0 Å². The molecular weight excluding hydrogens is 276 g/mol. The maximum Gasteiger partial charge on any atom is 0.161 e. The van der Waals surface area contributed by atoms with Gasteiger partial charge < -0.3 is 14.2 Å². The quantitative estimate of drug-likeness (QED) is 0.288. The summed E-state index contributed by atoms with van der Waals surface area (Å²) in [5.74, 6) is 1.51. The summed E-state index contributed by atoms with van der Waals surface area (Å²) >= 11 is 0. The molecule has 0 radical (unpaired) electrons. The molecule has 0 amide bonds. The summed E-state index contributed by atoms with van der Waals surface area (Å²) in [4.78, 5) is 0. The van der Waals surface area contributed by atoms with Gasteiger partial charge in [0.1, 0.15) is 6.61 Å². The van der Waals surface area contributed by atoms with Gasteiger partial charge in [-0.3, -0.25) is 0 Å². The molecule has 1 aromatic carbocycles. The van der Waals surface area contributed by atoms with Gasteiger partial charge >= 0.3 is 0 Å². The van der Waals surface area contributed by atoms with Crippen LogP contribution in [-0.4, -0.2) is 20.8 Å². The van der Waals surface area contributed by atoms with E-state index in [1.807, 2.05) is 24.3 Å². The summed E-state index contributed by atoms with van der Waals surface area (Å²) < 4.78 is 15.8. The molecule has 0 heterocycles. The van der Waals surface area contributed by atoms with Gasteiger partial charge in [0.15, 0.2) is 11.5 Å². The maximum absolute atomic E-state index is 5.37. The first kappa shape index (κ1) is 17.9. The van der Waals surface area contributed by atoms with Crippen molar-refractivity contribution in [2.24, 2.45) is 0 Å². The molecule has 0 bridgehead atoms. The fourth-order valence-corrected chi connectivity index (χ4v) is 2.04. The van der Waals surface area contributed by atoms with Crippen molar-refractivity contribution in [3.8, 4) is 11.5 Å². The van der Waals surface area contributed by atoms with Crippen molar-refractivity contribution in [2.45, 2.75) is 25.7 Å². The Bertz CT molecular complexity index is 527. The van der Waals surface area contributed by atoms with E-state index in [4.69, 9.17) is 14.2 Å². The van der Waals surface area contributed by atoms with Gasteiger partial charge in [-0.05, 0) is 35.6 Å². The Morgan fingerprint density at radius 2 is 1.82 bits per heavy atom. The highest BCUT2D eigenvalue weighted by Crippen LogP contribution is 2.34. The first-order valence-electron chi connectivity index (χ1n) is 7.32. The van der Waals surface area contributed by atoms with Gasteiger partial charge in [0.2, 0.25) is 0 Å². The topological polar surface area (TPSA) is 27.7 Å². The van der Waals surface area contributed by atoms with E-state index in [0.29, 0.717) is 6.61 Å². The molecule has 0 aromatic heterocycles. The van der Waals surface area contributed by atoms with E-state index in [-0.39, 0.29) is 5.41 Å². The predicted molar refractivity (Wildman–Crippen MR) is 91.6 cm³/mol. The van der Waals surface area contributed by atoms with Gasteiger partial charge in [-0.15, -0.1) is 0 Å². The molecule has 3 heteroatoms. The van der Waals surface area contributed by atoms with E-state index in [1.165, 1.54) is 5.56 Å². The average Bonchev–Trinajstić information content (AvgIpc) is 2.53. The lowest BCUT2D eigenvalue weighted by Gasteiger charge is -2.24. The Balaban J connectivity index is 2.71. The van der Waals surface area contributed by atoms with E-state index >= 15 is 0 Å². The van der Waals surface area contributed by atoms with Crippen LogP contribution in [0.2, 0.25) is 0 Å². The zero-order valence-corrected chi connectivity index (χ0v) is 14.0. The summed E-state index contributed by atoms with van der Waals surface area (Å²) in [5, 5.41) is 0. The van der Waals surface area contributed by atoms with E-state index in [2.05, 4.69) is 32.6 Å². The van der Waals surface area contributed by atoms with Crippen LogP contribution in [0, 0.1) is 0 Å². The van der Waals surface area contributed by atoms with Gasteiger partial charge in [-0.1, -0.05) is 44.7 Å². The van der Waals surface area contributed by atoms with Crippen molar-refractivity contribution in [3.05, 3.63) is 60.9 Å². The molecule has 0 spiro atoms. The first-order chi connectivity index (χ1) is 10.5. The molecule has 0 N–H and O–H groups in total. The Labute approximate surface area is 133 Å². The molecule has 120 valence electrons.